The van der Waals surface area contributed by atoms with Crippen molar-refractivity contribution in [2.75, 3.05) is 6.54 Å². The van der Waals surface area contributed by atoms with Crippen molar-refractivity contribution in [3.05, 3.63) is 45.8 Å². The van der Waals surface area contributed by atoms with E-state index in [0.717, 1.165) is 17.8 Å². The number of rotatable bonds is 5. The third kappa shape index (κ3) is 2.97. The Hall–Kier alpha value is -2.21. The first-order valence-electron chi connectivity index (χ1n) is 6.02. The third-order valence-corrected chi connectivity index (χ3v) is 2.77. The second-order valence-electron chi connectivity index (χ2n) is 4.18. The molecule has 0 spiro atoms. The van der Waals surface area contributed by atoms with E-state index in [2.05, 4.69) is 10.3 Å². The summed E-state index contributed by atoms with van der Waals surface area (Å²) < 4.78 is 5.39. The number of oxazole rings is 1. The number of hydrogen-bond acceptors (Lipinski definition) is 5. The van der Waals surface area contributed by atoms with Gasteiger partial charge in [0.2, 0.25) is 5.89 Å². The van der Waals surface area contributed by atoms with Gasteiger partial charge in [-0.25, -0.2) is 4.98 Å². The van der Waals surface area contributed by atoms with Gasteiger partial charge in [0.25, 0.3) is 5.69 Å². The van der Waals surface area contributed by atoms with Gasteiger partial charge in [-0.15, -0.1) is 0 Å². The maximum absolute atomic E-state index is 10.8. The van der Waals surface area contributed by atoms with Gasteiger partial charge in [0.1, 0.15) is 6.26 Å². The molecule has 1 aromatic carbocycles. The van der Waals surface area contributed by atoms with Crippen LogP contribution in [0, 0.1) is 17.0 Å². The van der Waals surface area contributed by atoms with Gasteiger partial charge in [0.05, 0.1) is 10.6 Å². The molecule has 2 rings (SSSR count). The first kappa shape index (κ1) is 13.2. The van der Waals surface area contributed by atoms with E-state index < -0.39 is 4.92 Å². The SMILES string of the molecule is CCNCc1coc(-c2cc([N+](=O)[O-])ccc2C)n1. The molecule has 100 valence electrons. The van der Waals surface area contributed by atoms with Crippen LogP contribution in [0.5, 0.6) is 0 Å². The van der Waals surface area contributed by atoms with E-state index in [-0.39, 0.29) is 5.69 Å². The minimum absolute atomic E-state index is 0.0343. The van der Waals surface area contributed by atoms with E-state index in [1.54, 1.807) is 12.3 Å². The zero-order valence-corrected chi connectivity index (χ0v) is 10.8. The normalized spacial score (nSPS) is 10.6. The number of nitro groups is 1. The Bertz CT molecular complexity index is 593. The molecular weight excluding hydrogens is 246 g/mol. The fraction of sp³-hybridized carbons (Fsp3) is 0.308. The Balaban J connectivity index is 2.32. The second kappa shape index (κ2) is 5.62. The van der Waals surface area contributed by atoms with Gasteiger partial charge in [-0.1, -0.05) is 13.0 Å². The summed E-state index contributed by atoms with van der Waals surface area (Å²) in [6.07, 6.45) is 1.57. The molecule has 2 aromatic rings. The lowest BCUT2D eigenvalue weighted by Crippen LogP contribution is -2.11. The Labute approximate surface area is 110 Å². The minimum atomic E-state index is -0.425. The Morgan fingerprint density at radius 3 is 2.95 bits per heavy atom. The zero-order chi connectivity index (χ0) is 13.8. The topological polar surface area (TPSA) is 81.2 Å². The predicted molar refractivity (Wildman–Crippen MR) is 70.7 cm³/mol. The third-order valence-electron chi connectivity index (χ3n) is 2.77. The molecule has 1 N–H and O–H groups in total. The van der Waals surface area contributed by atoms with Crippen molar-refractivity contribution in [2.24, 2.45) is 0 Å². The largest absolute Gasteiger partial charge is 0.444 e. The van der Waals surface area contributed by atoms with E-state index in [4.69, 9.17) is 4.42 Å². The molecule has 0 aliphatic rings. The molecule has 0 radical (unpaired) electrons. The van der Waals surface area contributed by atoms with Crippen molar-refractivity contribution in [3.63, 3.8) is 0 Å². The quantitative estimate of drug-likeness (QED) is 0.661. The molecule has 0 bridgehead atoms. The number of nitrogens with one attached hydrogen (secondary N) is 1. The summed E-state index contributed by atoms with van der Waals surface area (Å²) in [5.41, 5.74) is 2.36. The molecule has 6 nitrogen and oxygen atoms in total. The van der Waals surface area contributed by atoms with E-state index in [1.165, 1.54) is 12.1 Å². The number of hydrogen-bond donors (Lipinski definition) is 1. The average Bonchev–Trinajstić information content (AvgIpc) is 2.85. The molecule has 0 amide bonds. The summed E-state index contributed by atoms with van der Waals surface area (Å²) in [4.78, 5) is 14.7. The van der Waals surface area contributed by atoms with Crippen LogP contribution in [0.4, 0.5) is 5.69 Å². The monoisotopic (exact) mass is 261 g/mol. The number of benzene rings is 1. The number of non-ortho nitro benzene ring substituents is 1. The van der Waals surface area contributed by atoms with Crippen molar-refractivity contribution in [1.29, 1.82) is 0 Å². The standard InChI is InChI=1S/C13H15N3O3/c1-3-14-7-10-8-19-13(15-10)12-6-11(16(17)18)5-4-9(12)2/h4-6,8,14H,3,7H2,1-2H3. The number of nitrogens with zero attached hydrogens (tertiary/aromatic N) is 2. The van der Waals surface area contributed by atoms with Crippen molar-refractivity contribution in [1.82, 2.24) is 10.3 Å². The van der Waals surface area contributed by atoms with Crippen molar-refractivity contribution in [2.45, 2.75) is 20.4 Å². The smallest absolute Gasteiger partial charge is 0.270 e. The van der Waals surface area contributed by atoms with Gasteiger partial charge in [-0.2, -0.15) is 0 Å². The molecule has 1 aromatic heterocycles. The van der Waals surface area contributed by atoms with Crippen LogP contribution in [0.2, 0.25) is 0 Å². The van der Waals surface area contributed by atoms with Crippen LogP contribution in [0.1, 0.15) is 18.2 Å². The van der Waals surface area contributed by atoms with Gasteiger partial charge in [0.15, 0.2) is 0 Å². The Morgan fingerprint density at radius 1 is 1.47 bits per heavy atom. The molecule has 0 aliphatic heterocycles. The predicted octanol–water partition coefficient (Wildman–Crippen LogP) is 2.67. The molecule has 6 heteroatoms. The summed E-state index contributed by atoms with van der Waals surface area (Å²) in [5.74, 6) is 0.411. The molecule has 0 unspecified atom stereocenters. The fourth-order valence-corrected chi connectivity index (χ4v) is 1.72. The Morgan fingerprint density at radius 2 is 2.26 bits per heavy atom. The highest BCUT2D eigenvalue weighted by Gasteiger charge is 2.14. The van der Waals surface area contributed by atoms with Crippen LogP contribution >= 0.6 is 0 Å². The van der Waals surface area contributed by atoms with Crippen LogP contribution in [0.3, 0.4) is 0 Å². The van der Waals surface area contributed by atoms with E-state index in [0.29, 0.717) is 18.0 Å². The van der Waals surface area contributed by atoms with E-state index in [9.17, 15) is 10.1 Å². The molecule has 0 fully saturated rings. The molecule has 19 heavy (non-hydrogen) atoms. The highest BCUT2D eigenvalue weighted by Crippen LogP contribution is 2.26. The lowest BCUT2D eigenvalue weighted by molar-refractivity contribution is -0.384. The molecular formula is C13H15N3O3. The van der Waals surface area contributed by atoms with Crippen molar-refractivity contribution >= 4 is 5.69 Å². The van der Waals surface area contributed by atoms with Gasteiger partial charge < -0.3 is 9.73 Å². The van der Waals surface area contributed by atoms with Crippen LogP contribution in [-0.4, -0.2) is 16.5 Å². The molecule has 1 heterocycles. The maximum atomic E-state index is 10.8. The van der Waals surface area contributed by atoms with Crippen LogP contribution < -0.4 is 5.32 Å². The summed E-state index contributed by atoms with van der Waals surface area (Å²) in [6, 6.07) is 4.65. The molecule has 0 saturated carbocycles. The van der Waals surface area contributed by atoms with Gasteiger partial charge in [-0.05, 0) is 19.0 Å². The number of nitro benzene ring substituents is 1. The first-order chi connectivity index (χ1) is 9.11. The minimum Gasteiger partial charge on any atom is -0.444 e. The maximum Gasteiger partial charge on any atom is 0.270 e. The highest BCUT2D eigenvalue weighted by molar-refractivity contribution is 5.62. The van der Waals surface area contributed by atoms with Gasteiger partial charge in [0, 0.05) is 24.2 Å². The van der Waals surface area contributed by atoms with E-state index in [1.807, 2.05) is 13.8 Å². The van der Waals surface area contributed by atoms with Gasteiger partial charge in [-0.3, -0.25) is 10.1 Å². The number of aryl methyl sites for hydroxylation is 1. The van der Waals surface area contributed by atoms with Crippen LogP contribution in [0.15, 0.2) is 28.9 Å². The summed E-state index contributed by atoms with van der Waals surface area (Å²) in [7, 11) is 0. The van der Waals surface area contributed by atoms with Crippen LogP contribution in [-0.2, 0) is 6.54 Å². The van der Waals surface area contributed by atoms with Crippen molar-refractivity contribution < 1.29 is 9.34 Å². The zero-order valence-electron chi connectivity index (χ0n) is 10.8. The summed E-state index contributed by atoms with van der Waals surface area (Å²) >= 11 is 0. The van der Waals surface area contributed by atoms with Crippen LogP contribution in [0.25, 0.3) is 11.5 Å². The fourth-order valence-electron chi connectivity index (χ4n) is 1.72. The number of aromatic nitrogens is 1. The first-order valence-corrected chi connectivity index (χ1v) is 6.02. The Kier molecular flexibility index (Phi) is 3.91. The summed E-state index contributed by atoms with van der Waals surface area (Å²) in [5, 5.41) is 13.9. The second-order valence-corrected chi connectivity index (χ2v) is 4.18. The lowest BCUT2D eigenvalue weighted by Gasteiger charge is -2.01. The molecule has 0 atom stereocenters. The molecule has 0 saturated heterocycles. The van der Waals surface area contributed by atoms with Crippen molar-refractivity contribution in [3.8, 4) is 11.5 Å². The van der Waals surface area contributed by atoms with E-state index >= 15 is 0 Å². The average molecular weight is 261 g/mol. The highest BCUT2D eigenvalue weighted by atomic mass is 16.6. The van der Waals surface area contributed by atoms with Gasteiger partial charge >= 0.3 is 0 Å². The molecule has 0 aliphatic carbocycles. The summed E-state index contributed by atoms with van der Waals surface area (Å²) in [6.45, 7) is 5.34. The lowest BCUT2D eigenvalue weighted by atomic mass is 10.1.